The summed E-state index contributed by atoms with van der Waals surface area (Å²) < 4.78 is 5.53. The van der Waals surface area contributed by atoms with Gasteiger partial charge in [-0.25, -0.2) is 0 Å². The predicted molar refractivity (Wildman–Crippen MR) is 74.0 cm³/mol. The van der Waals surface area contributed by atoms with Crippen molar-refractivity contribution in [2.45, 2.75) is 39.7 Å². The molecule has 102 valence electrons. The summed E-state index contributed by atoms with van der Waals surface area (Å²) in [5.74, 6) is 0.333. The van der Waals surface area contributed by atoms with Crippen LogP contribution in [0.25, 0.3) is 0 Å². The highest BCUT2D eigenvalue weighted by molar-refractivity contribution is 5.78. The van der Waals surface area contributed by atoms with Crippen LogP contribution >= 0.6 is 0 Å². The molecule has 1 aromatic rings. The van der Waals surface area contributed by atoms with Gasteiger partial charge in [0.25, 0.3) is 0 Å². The number of fused-ring (bicyclic) bond motifs is 1. The first-order valence-corrected chi connectivity index (χ1v) is 6.64. The van der Waals surface area contributed by atoms with Crippen molar-refractivity contribution in [3.63, 3.8) is 0 Å². The zero-order chi connectivity index (χ0) is 14.0. The topological polar surface area (TPSA) is 46.5 Å². The van der Waals surface area contributed by atoms with Crippen LogP contribution in [0.2, 0.25) is 0 Å². The minimum absolute atomic E-state index is 0.229. The van der Waals surface area contributed by atoms with Crippen LogP contribution in [0.5, 0.6) is 5.75 Å². The van der Waals surface area contributed by atoms with Gasteiger partial charge in [0, 0.05) is 5.56 Å². The number of aliphatic hydroxyl groups excluding tert-OH is 1. The lowest BCUT2D eigenvalue weighted by Crippen LogP contribution is -2.28. The standard InChI is InChI=1S/C16H20O3/c1-4-16(2,3)15(18)19-14-10-6-7-11-12(14)8-5-9-13(11)17/h5-7,9-10,13,17H,4,8H2,1-3H3. The van der Waals surface area contributed by atoms with Crippen LogP contribution < -0.4 is 4.74 Å². The number of ether oxygens (including phenoxy) is 1. The van der Waals surface area contributed by atoms with Crippen LogP contribution in [-0.2, 0) is 11.2 Å². The highest BCUT2D eigenvalue weighted by Gasteiger charge is 2.29. The second kappa shape index (κ2) is 5.17. The zero-order valence-electron chi connectivity index (χ0n) is 11.6. The predicted octanol–water partition coefficient (Wildman–Crippen LogP) is 3.17. The maximum Gasteiger partial charge on any atom is 0.316 e. The Kier molecular flexibility index (Phi) is 3.76. The Bertz CT molecular complexity index is 515. The van der Waals surface area contributed by atoms with Gasteiger partial charge in [-0.3, -0.25) is 4.79 Å². The van der Waals surface area contributed by atoms with E-state index in [9.17, 15) is 9.90 Å². The quantitative estimate of drug-likeness (QED) is 0.516. The number of rotatable bonds is 3. The molecule has 0 heterocycles. The maximum atomic E-state index is 12.1. The molecule has 0 bridgehead atoms. The summed E-state index contributed by atoms with van der Waals surface area (Å²) in [6.45, 7) is 5.72. The van der Waals surface area contributed by atoms with E-state index >= 15 is 0 Å². The number of esters is 1. The van der Waals surface area contributed by atoms with Crippen molar-refractivity contribution in [2.24, 2.45) is 5.41 Å². The molecule has 1 atom stereocenters. The lowest BCUT2D eigenvalue weighted by Gasteiger charge is -2.23. The molecule has 0 aliphatic heterocycles. The van der Waals surface area contributed by atoms with Crippen molar-refractivity contribution in [3.8, 4) is 5.75 Å². The number of hydrogen-bond donors (Lipinski definition) is 1. The summed E-state index contributed by atoms with van der Waals surface area (Å²) >= 11 is 0. The summed E-state index contributed by atoms with van der Waals surface area (Å²) in [5.41, 5.74) is 1.23. The van der Waals surface area contributed by atoms with Crippen LogP contribution in [-0.4, -0.2) is 11.1 Å². The number of allylic oxidation sites excluding steroid dienone is 1. The van der Waals surface area contributed by atoms with Gasteiger partial charge >= 0.3 is 5.97 Å². The molecule has 19 heavy (non-hydrogen) atoms. The van der Waals surface area contributed by atoms with E-state index in [0.29, 0.717) is 12.2 Å². The van der Waals surface area contributed by atoms with Crippen LogP contribution in [0.4, 0.5) is 0 Å². The van der Waals surface area contributed by atoms with Gasteiger partial charge in [-0.05, 0) is 38.3 Å². The fourth-order valence-electron chi connectivity index (χ4n) is 1.97. The highest BCUT2D eigenvalue weighted by Crippen LogP contribution is 2.33. The van der Waals surface area contributed by atoms with Gasteiger partial charge in [-0.15, -0.1) is 0 Å². The van der Waals surface area contributed by atoms with Crippen LogP contribution in [0.3, 0.4) is 0 Å². The van der Waals surface area contributed by atoms with Crippen molar-refractivity contribution >= 4 is 5.97 Å². The molecule has 1 aliphatic rings. The lowest BCUT2D eigenvalue weighted by atomic mass is 9.90. The van der Waals surface area contributed by atoms with Gasteiger partial charge < -0.3 is 9.84 Å². The van der Waals surface area contributed by atoms with Crippen molar-refractivity contribution in [3.05, 3.63) is 41.5 Å². The first-order valence-electron chi connectivity index (χ1n) is 6.64. The molecular formula is C16H20O3. The molecule has 1 aliphatic carbocycles. The molecule has 1 aromatic carbocycles. The normalized spacial score (nSPS) is 18.0. The van der Waals surface area contributed by atoms with E-state index in [1.165, 1.54) is 0 Å². The van der Waals surface area contributed by atoms with Gasteiger partial charge in [-0.2, -0.15) is 0 Å². The first-order chi connectivity index (χ1) is 8.95. The molecule has 0 aromatic heterocycles. The fourth-order valence-corrected chi connectivity index (χ4v) is 1.97. The molecule has 1 unspecified atom stereocenters. The SMILES string of the molecule is CCC(C)(C)C(=O)Oc1cccc2c1CC=CC2O. The highest BCUT2D eigenvalue weighted by atomic mass is 16.5. The molecule has 0 saturated carbocycles. The van der Waals surface area contributed by atoms with E-state index in [-0.39, 0.29) is 5.97 Å². The lowest BCUT2D eigenvalue weighted by molar-refractivity contribution is -0.144. The van der Waals surface area contributed by atoms with Gasteiger partial charge in [0.2, 0.25) is 0 Å². The van der Waals surface area contributed by atoms with E-state index in [1.807, 2.05) is 39.0 Å². The Morgan fingerprint density at radius 2 is 2.21 bits per heavy atom. The molecule has 1 N–H and O–H groups in total. The summed E-state index contributed by atoms with van der Waals surface area (Å²) in [6, 6.07) is 5.46. The number of hydrogen-bond acceptors (Lipinski definition) is 3. The Morgan fingerprint density at radius 1 is 1.47 bits per heavy atom. The van der Waals surface area contributed by atoms with Crippen LogP contribution in [0.15, 0.2) is 30.4 Å². The van der Waals surface area contributed by atoms with Crippen molar-refractivity contribution in [1.29, 1.82) is 0 Å². The minimum Gasteiger partial charge on any atom is -0.426 e. The van der Waals surface area contributed by atoms with Crippen molar-refractivity contribution in [2.75, 3.05) is 0 Å². The van der Waals surface area contributed by atoms with Gasteiger partial charge in [0.1, 0.15) is 5.75 Å². The largest absolute Gasteiger partial charge is 0.426 e. The smallest absolute Gasteiger partial charge is 0.316 e. The average molecular weight is 260 g/mol. The molecular weight excluding hydrogens is 240 g/mol. The summed E-state index contributed by atoms with van der Waals surface area (Å²) in [6.07, 6.45) is 4.45. The van der Waals surface area contributed by atoms with E-state index in [2.05, 4.69) is 0 Å². The van der Waals surface area contributed by atoms with E-state index in [0.717, 1.165) is 17.5 Å². The van der Waals surface area contributed by atoms with E-state index in [4.69, 9.17) is 4.74 Å². The van der Waals surface area contributed by atoms with E-state index in [1.54, 1.807) is 12.1 Å². The molecule has 0 fully saturated rings. The molecule has 3 nitrogen and oxygen atoms in total. The molecule has 3 heteroatoms. The number of carbonyl (C=O) groups excluding carboxylic acids is 1. The maximum absolute atomic E-state index is 12.1. The third-order valence-electron chi connectivity index (χ3n) is 3.77. The van der Waals surface area contributed by atoms with Crippen LogP contribution in [0, 0.1) is 5.41 Å². The van der Waals surface area contributed by atoms with Crippen molar-refractivity contribution < 1.29 is 14.6 Å². The van der Waals surface area contributed by atoms with Gasteiger partial charge in [0.15, 0.2) is 0 Å². The molecule has 0 amide bonds. The van der Waals surface area contributed by atoms with Crippen molar-refractivity contribution in [1.82, 2.24) is 0 Å². The Balaban J connectivity index is 2.29. The van der Waals surface area contributed by atoms with Gasteiger partial charge in [-0.1, -0.05) is 31.2 Å². The van der Waals surface area contributed by atoms with Gasteiger partial charge in [0.05, 0.1) is 11.5 Å². The van der Waals surface area contributed by atoms with Crippen LogP contribution in [0.1, 0.15) is 44.4 Å². The second-order valence-electron chi connectivity index (χ2n) is 5.53. The number of aliphatic hydroxyl groups is 1. The summed E-state index contributed by atoms with van der Waals surface area (Å²) in [5, 5.41) is 9.90. The number of benzene rings is 1. The molecule has 2 rings (SSSR count). The Labute approximate surface area is 113 Å². The first kappa shape index (κ1) is 13.8. The second-order valence-corrected chi connectivity index (χ2v) is 5.53. The number of carbonyl (C=O) groups is 1. The zero-order valence-corrected chi connectivity index (χ0v) is 11.6. The average Bonchev–Trinajstić information content (AvgIpc) is 2.40. The Morgan fingerprint density at radius 3 is 2.89 bits per heavy atom. The Hall–Kier alpha value is -1.61. The summed E-state index contributed by atoms with van der Waals surface area (Å²) in [7, 11) is 0. The molecule has 0 spiro atoms. The third kappa shape index (κ3) is 2.71. The fraction of sp³-hybridized carbons (Fsp3) is 0.438. The minimum atomic E-state index is -0.610. The third-order valence-corrected chi connectivity index (χ3v) is 3.77. The monoisotopic (exact) mass is 260 g/mol. The molecule has 0 saturated heterocycles. The van der Waals surface area contributed by atoms with E-state index < -0.39 is 11.5 Å². The molecule has 0 radical (unpaired) electrons. The summed E-state index contributed by atoms with van der Waals surface area (Å²) in [4.78, 5) is 12.1.